The Balaban J connectivity index is 0.00000544. The van der Waals surface area contributed by atoms with E-state index in [1.165, 1.54) is 0 Å². The number of ether oxygens (including phenoxy) is 3. The zero-order valence-electron chi connectivity index (χ0n) is 20.1. The van der Waals surface area contributed by atoms with Gasteiger partial charge in [-0.3, -0.25) is 4.79 Å². The summed E-state index contributed by atoms with van der Waals surface area (Å²) in [7, 11) is -0.245. The summed E-state index contributed by atoms with van der Waals surface area (Å²) >= 11 is 12.6. The molecule has 0 aromatic heterocycles. The zero-order valence-corrected chi connectivity index (χ0v) is 22.7. The van der Waals surface area contributed by atoms with Gasteiger partial charge in [-0.05, 0) is 40.0 Å². The Kier molecular flexibility index (Phi) is 15.3. The minimum atomic E-state index is -0.245. The van der Waals surface area contributed by atoms with Gasteiger partial charge < -0.3 is 14.2 Å². The van der Waals surface area contributed by atoms with Crippen LogP contribution in [0.2, 0.25) is 10.0 Å². The Hall–Kier alpha value is -0.883. The van der Waals surface area contributed by atoms with E-state index in [1.54, 1.807) is 18.2 Å². The van der Waals surface area contributed by atoms with Crippen molar-refractivity contribution in [2.45, 2.75) is 59.3 Å². The molecular weight excluding hydrogens is 473 g/mol. The van der Waals surface area contributed by atoms with Crippen LogP contribution in [0.5, 0.6) is 17.2 Å². The minimum Gasteiger partial charge on any atom is -0.493 e. The van der Waals surface area contributed by atoms with Crippen LogP contribution in [-0.2, 0) is 0 Å². The van der Waals surface area contributed by atoms with Gasteiger partial charge in [0.25, 0.3) is 0 Å². The Bertz CT molecular complexity index is 828. The molecule has 0 amide bonds. The van der Waals surface area contributed by atoms with Crippen molar-refractivity contribution >= 4 is 42.6 Å². The van der Waals surface area contributed by atoms with Crippen LogP contribution >= 0.6 is 31.8 Å². The number of halogens is 2. The fourth-order valence-electron chi connectivity index (χ4n) is 2.88. The number of hydrogen-bond donors (Lipinski definition) is 0. The molecule has 2 rings (SSSR count). The van der Waals surface area contributed by atoms with Crippen molar-refractivity contribution in [1.29, 1.82) is 0 Å². The SMILES string of the molecule is CCCCOc1cc(OCCCC)c(PC(=O)c2c(Cl)cccc2Cl)c(OCCCC)c1.[Li+]. The summed E-state index contributed by atoms with van der Waals surface area (Å²) in [6.07, 6.45) is 5.87. The zero-order chi connectivity index (χ0) is 23.3. The molecule has 1 unspecified atom stereocenters. The topological polar surface area (TPSA) is 44.8 Å². The van der Waals surface area contributed by atoms with E-state index in [0.29, 0.717) is 52.7 Å². The first kappa shape index (κ1) is 30.1. The first-order valence-electron chi connectivity index (χ1n) is 11.3. The van der Waals surface area contributed by atoms with E-state index < -0.39 is 0 Å². The molecule has 0 aliphatic carbocycles. The van der Waals surface area contributed by atoms with Gasteiger partial charge in [0.1, 0.15) is 17.2 Å². The molecule has 0 N–H and O–H groups in total. The summed E-state index contributed by atoms with van der Waals surface area (Å²) in [6, 6.07) is 8.80. The normalized spacial score (nSPS) is 10.8. The van der Waals surface area contributed by atoms with Crippen LogP contribution in [0.3, 0.4) is 0 Å². The number of carbonyl (C=O) groups excluding carboxylic acids is 1. The molecule has 0 saturated carbocycles. The molecule has 2 aromatic rings. The second-order valence-corrected chi connectivity index (χ2v) is 9.47. The smallest absolute Gasteiger partial charge is 0.493 e. The maximum Gasteiger partial charge on any atom is 1.00 e. The van der Waals surface area contributed by atoms with E-state index in [2.05, 4.69) is 20.8 Å². The molecule has 33 heavy (non-hydrogen) atoms. The Morgan fingerprint density at radius 1 is 0.818 bits per heavy atom. The summed E-state index contributed by atoms with van der Waals surface area (Å²) in [5.41, 5.74) is 0.178. The van der Waals surface area contributed by atoms with Gasteiger partial charge in [-0.25, -0.2) is 0 Å². The van der Waals surface area contributed by atoms with Crippen LogP contribution in [0.15, 0.2) is 30.3 Å². The average Bonchev–Trinajstić information content (AvgIpc) is 2.76. The van der Waals surface area contributed by atoms with Crippen molar-refractivity contribution in [2.75, 3.05) is 19.8 Å². The van der Waals surface area contributed by atoms with Crippen LogP contribution in [-0.4, -0.2) is 25.3 Å². The van der Waals surface area contributed by atoms with Crippen molar-refractivity contribution in [2.24, 2.45) is 0 Å². The summed E-state index contributed by atoms with van der Waals surface area (Å²) in [5.74, 6) is 1.93. The molecule has 0 aliphatic rings. The van der Waals surface area contributed by atoms with Gasteiger partial charge >= 0.3 is 18.9 Å². The Morgan fingerprint density at radius 3 is 1.73 bits per heavy atom. The molecular formula is C25H33Cl2LiO4P+. The van der Waals surface area contributed by atoms with Gasteiger partial charge in [0.05, 0.1) is 40.7 Å². The predicted molar refractivity (Wildman–Crippen MR) is 136 cm³/mol. The second kappa shape index (κ2) is 16.7. The minimum absolute atomic E-state index is 0. The standard InChI is InChI=1S/C25H33Cl2O4P.Li/c1-4-7-13-29-18-16-21(30-14-8-5-2)24(22(17-18)31-15-9-6-3)32-25(28)23-19(26)11-10-12-20(23)27;/h10-12,16-17,32H,4-9,13-15H2,1-3H3;/q;+1. The third kappa shape index (κ3) is 9.71. The molecule has 0 heterocycles. The number of benzene rings is 2. The van der Waals surface area contributed by atoms with Crippen LogP contribution in [0, 0.1) is 0 Å². The van der Waals surface area contributed by atoms with E-state index in [9.17, 15) is 4.79 Å². The molecule has 2 aromatic carbocycles. The first-order chi connectivity index (χ1) is 15.5. The van der Waals surface area contributed by atoms with Gasteiger partial charge in [0.15, 0.2) is 5.52 Å². The van der Waals surface area contributed by atoms with Crippen molar-refractivity contribution in [3.63, 3.8) is 0 Å². The van der Waals surface area contributed by atoms with Gasteiger partial charge in [0.2, 0.25) is 0 Å². The van der Waals surface area contributed by atoms with E-state index in [0.717, 1.165) is 43.8 Å². The van der Waals surface area contributed by atoms with Gasteiger partial charge in [0, 0.05) is 12.1 Å². The fourth-order valence-corrected chi connectivity index (χ4v) is 4.76. The monoisotopic (exact) mass is 505 g/mol. The van der Waals surface area contributed by atoms with Crippen LogP contribution in [0.25, 0.3) is 0 Å². The molecule has 0 radical (unpaired) electrons. The molecule has 0 saturated heterocycles. The van der Waals surface area contributed by atoms with E-state index in [1.807, 2.05) is 12.1 Å². The maximum atomic E-state index is 13.2. The molecule has 0 spiro atoms. The maximum absolute atomic E-state index is 13.2. The fraction of sp³-hybridized carbons (Fsp3) is 0.480. The molecule has 1 atom stereocenters. The molecule has 176 valence electrons. The third-order valence-corrected chi connectivity index (χ3v) is 6.60. The number of carbonyl (C=O) groups is 1. The first-order valence-corrected chi connectivity index (χ1v) is 13.1. The molecule has 0 aliphatic heterocycles. The summed E-state index contributed by atoms with van der Waals surface area (Å²) < 4.78 is 18.1. The largest absolute Gasteiger partial charge is 1.00 e. The predicted octanol–water partition coefficient (Wildman–Crippen LogP) is 4.68. The van der Waals surface area contributed by atoms with Crippen molar-refractivity contribution in [3.8, 4) is 17.2 Å². The van der Waals surface area contributed by atoms with Crippen molar-refractivity contribution in [1.82, 2.24) is 0 Å². The van der Waals surface area contributed by atoms with Crippen molar-refractivity contribution < 1.29 is 37.9 Å². The van der Waals surface area contributed by atoms with Crippen LogP contribution in [0.1, 0.15) is 69.7 Å². The van der Waals surface area contributed by atoms with Gasteiger partial charge in [-0.15, -0.1) is 0 Å². The van der Waals surface area contributed by atoms with Crippen LogP contribution < -0.4 is 38.4 Å². The Morgan fingerprint density at radius 2 is 1.27 bits per heavy atom. The van der Waals surface area contributed by atoms with E-state index in [4.69, 9.17) is 37.4 Å². The van der Waals surface area contributed by atoms with Gasteiger partial charge in [-0.1, -0.05) is 69.3 Å². The second-order valence-electron chi connectivity index (χ2n) is 7.45. The number of hydrogen-bond acceptors (Lipinski definition) is 4. The number of unbranched alkanes of at least 4 members (excludes halogenated alkanes) is 3. The van der Waals surface area contributed by atoms with Crippen molar-refractivity contribution in [3.05, 3.63) is 45.9 Å². The third-order valence-electron chi connectivity index (χ3n) is 4.75. The Labute approximate surface area is 222 Å². The van der Waals surface area contributed by atoms with E-state index in [-0.39, 0.29) is 33.0 Å². The average molecular weight is 506 g/mol. The number of rotatable bonds is 15. The molecule has 0 fully saturated rings. The quantitative estimate of drug-likeness (QED) is 0.200. The van der Waals surface area contributed by atoms with Gasteiger partial charge in [-0.2, -0.15) is 0 Å². The summed E-state index contributed by atoms with van der Waals surface area (Å²) in [4.78, 5) is 13.2. The van der Waals surface area contributed by atoms with E-state index >= 15 is 0 Å². The molecule has 0 bridgehead atoms. The van der Waals surface area contributed by atoms with Crippen LogP contribution in [0.4, 0.5) is 0 Å². The molecule has 8 heteroatoms. The molecule has 4 nitrogen and oxygen atoms in total. The summed E-state index contributed by atoms with van der Waals surface area (Å²) in [6.45, 7) is 8.08. The summed E-state index contributed by atoms with van der Waals surface area (Å²) in [5, 5.41) is 1.41.